The zero-order valence-electron chi connectivity index (χ0n) is 8.16. The fourth-order valence-electron chi connectivity index (χ4n) is 1.30. The van der Waals surface area contributed by atoms with Gasteiger partial charge in [0.05, 0.1) is 13.5 Å². The summed E-state index contributed by atoms with van der Waals surface area (Å²) < 4.78 is 15.6. The van der Waals surface area contributed by atoms with Gasteiger partial charge in [-0.05, 0) is 12.2 Å². The summed E-state index contributed by atoms with van der Waals surface area (Å²) in [5, 5.41) is 0. The Morgan fingerprint density at radius 3 is 2.38 bits per heavy atom. The summed E-state index contributed by atoms with van der Waals surface area (Å²) in [5.41, 5.74) is 6.26. The molecule has 0 unspecified atom stereocenters. The van der Waals surface area contributed by atoms with E-state index in [1.54, 1.807) is 33.5 Å². The van der Waals surface area contributed by atoms with Crippen LogP contribution in [0.5, 0.6) is 0 Å². The lowest BCUT2D eigenvalue weighted by Gasteiger charge is -2.31. The molecule has 1 aliphatic carbocycles. The first-order valence-electron chi connectivity index (χ1n) is 3.99. The van der Waals surface area contributed by atoms with Gasteiger partial charge in [0.2, 0.25) is 0 Å². The molecule has 0 radical (unpaired) electrons. The first-order valence-corrected chi connectivity index (χ1v) is 3.99. The van der Waals surface area contributed by atoms with Gasteiger partial charge in [0, 0.05) is 19.9 Å². The van der Waals surface area contributed by atoms with Crippen molar-refractivity contribution in [2.75, 3.05) is 21.3 Å². The van der Waals surface area contributed by atoms with Gasteiger partial charge in [-0.15, -0.1) is 0 Å². The molecule has 0 saturated carbocycles. The normalized spacial score (nSPS) is 20.5. The molecule has 4 heteroatoms. The van der Waals surface area contributed by atoms with Crippen LogP contribution in [-0.4, -0.2) is 27.1 Å². The van der Waals surface area contributed by atoms with Crippen LogP contribution < -0.4 is 5.73 Å². The van der Waals surface area contributed by atoms with E-state index < -0.39 is 5.79 Å². The molecular formula is C9H15NO3. The Hall–Kier alpha value is -1.00. The van der Waals surface area contributed by atoms with Crippen LogP contribution in [0.15, 0.2) is 23.6 Å². The van der Waals surface area contributed by atoms with E-state index in [0.717, 1.165) is 5.76 Å². The van der Waals surface area contributed by atoms with Crippen molar-refractivity contribution in [1.82, 2.24) is 0 Å². The van der Waals surface area contributed by atoms with Crippen molar-refractivity contribution in [3.05, 3.63) is 23.6 Å². The highest BCUT2D eigenvalue weighted by Gasteiger charge is 2.32. The Labute approximate surface area is 78.0 Å². The van der Waals surface area contributed by atoms with Crippen LogP contribution in [0.25, 0.3) is 0 Å². The van der Waals surface area contributed by atoms with E-state index >= 15 is 0 Å². The summed E-state index contributed by atoms with van der Waals surface area (Å²) in [6.45, 7) is 0. The minimum absolute atomic E-state index is 0.539. The van der Waals surface area contributed by atoms with Crippen LogP contribution in [0.1, 0.15) is 6.42 Å². The minimum Gasteiger partial charge on any atom is -0.501 e. The molecule has 1 aliphatic rings. The van der Waals surface area contributed by atoms with E-state index in [0.29, 0.717) is 12.1 Å². The van der Waals surface area contributed by atoms with Crippen molar-refractivity contribution in [1.29, 1.82) is 0 Å². The summed E-state index contributed by atoms with van der Waals surface area (Å²) in [7, 11) is 4.75. The van der Waals surface area contributed by atoms with Gasteiger partial charge in [-0.1, -0.05) is 0 Å². The molecule has 2 N–H and O–H groups in total. The van der Waals surface area contributed by atoms with Crippen molar-refractivity contribution in [2.45, 2.75) is 12.2 Å². The molecule has 0 fully saturated rings. The highest BCUT2D eigenvalue weighted by molar-refractivity contribution is 5.27. The molecule has 13 heavy (non-hydrogen) atoms. The molecular weight excluding hydrogens is 170 g/mol. The molecule has 0 heterocycles. The number of rotatable bonds is 3. The van der Waals surface area contributed by atoms with Crippen molar-refractivity contribution < 1.29 is 14.2 Å². The van der Waals surface area contributed by atoms with Gasteiger partial charge in [0.1, 0.15) is 5.76 Å². The van der Waals surface area contributed by atoms with Gasteiger partial charge < -0.3 is 19.9 Å². The summed E-state index contributed by atoms with van der Waals surface area (Å²) in [6, 6.07) is 0. The SMILES string of the molecule is COC1=CC(N)=CC(OC)(OC)C1. The van der Waals surface area contributed by atoms with Crippen molar-refractivity contribution in [3.63, 3.8) is 0 Å². The summed E-state index contributed by atoms with van der Waals surface area (Å²) >= 11 is 0. The average molecular weight is 185 g/mol. The maximum atomic E-state index is 5.67. The van der Waals surface area contributed by atoms with E-state index in [2.05, 4.69) is 0 Å². The highest BCUT2D eigenvalue weighted by atomic mass is 16.7. The average Bonchev–Trinajstić information content (AvgIpc) is 2.16. The fourth-order valence-corrected chi connectivity index (χ4v) is 1.30. The zero-order chi connectivity index (χ0) is 9.90. The maximum absolute atomic E-state index is 5.67. The molecule has 1 rings (SSSR count). The minimum atomic E-state index is -0.774. The number of hydrogen-bond donors (Lipinski definition) is 1. The molecule has 0 atom stereocenters. The molecule has 74 valence electrons. The maximum Gasteiger partial charge on any atom is 0.196 e. The second-order valence-electron chi connectivity index (χ2n) is 2.86. The van der Waals surface area contributed by atoms with Gasteiger partial charge in [0.25, 0.3) is 0 Å². The third kappa shape index (κ3) is 2.02. The second-order valence-corrected chi connectivity index (χ2v) is 2.86. The number of allylic oxidation sites excluding steroid dienone is 1. The van der Waals surface area contributed by atoms with Crippen LogP contribution in [0.2, 0.25) is 0 Å². The smallest absolute Gasteiger partial charge is 0.196 e. The molecule has 0 aromatic heterocycles. The van der Waals surface area contributed by atoms with Crippen LogP contribution in [0.4, 0.5) is 0 Å². The van der Waals surface area contributed by atoms with Gasteiger partial charge in [-0.25, -0.2) is 0 Å². The van der Waals surface area contributed by atoms with Crippen molar-refractivity contribution >= 4 is 0 Å². The lowest BCUT2D eigenvalue weighted by molar-refractivity contribution is -0.174. The molecule has 0 aliphatic heterocycles. The van der Waals surface area contributed by atoms with Crippen molar-refractivity contribution in [2.24, 2.45) is 5.73 Å². The van der Waals surface area contributed by atoms with Crippen molar-refractivity contribution in [3.8, 4) is 0 Å². The largest absolute Gasteiger partial charge is 0.501 e. The van der Waals surface area contributed by atoms with Crippen LogP contribution >= 0.6 is 0 Å². The Morgan fingerprint density at radius 1 is 1.31 bits per heavy atom. The molecule has 0 aromatic rings. The quantitative estimate of drug-likeness (QED) is 0.659. The predicted molar refractivity (Wildman–Crippen MR) is 48.7 cm³/mol. The Morgan fingerprint density at radius 2 is 1.92 bits per heavy atom. The number of nitrogens with two attached hydrogens (primary N) is 1. The summed E-state index contributed by atoms with van der Waals surface area (Å²) in [5.74, 6) is -0.0202. The molecule has 0 amide bonds. The van der Waals surface area contributed by atoms with Gasteiger partial charge in [0.15, 0.2) is 5.79 Å². The monoisotopic (exact) mass is 185 g/mol. The van der Waals surface area contributed by atoms with Gasteiger partial charge in [-0.3, -0.25) is 0 Å². The molecule has 0 aromatic carbocycles. The lowest BCUT2D eigenvalue weighted by Crippen LogP contribution is -2.35. The van der Waals surface area contributed by atoms with E-state index in [-0.39, 0.29) is 0 Å². The standard InChI is InChI=1S/C9H15NO3/c1-11-8-4-7(10)5-9(6-8,12-2)13-3/h4-5H,6,10H2,1-3H3. The van der Waals surface area contributed by atoms with Crippen LogP contribution in [0, 0.1) is 0 Å². The first-order chi connectivity index (χ1) is 6.15. The molecule has 4 nitrogen and oxygen atoms in total. The van der Waals surface area contributed by atoms with Gasteiger partial charge in [-0.2, -0.15) is 0 Å². The topological polar surface area (TPSA) is 53.7 Å². The van der Waals surface area contributed by atoms with Crippen LogP contribution in [0.3, 0.4) is 0 Å². The Kier molecular flexibility index (Phi) is 2.95. The number of ether oxygens (including phenoxy) is 3. The lowest BCUT2D eigenvalue weighted by atomic mass is 10.0. The molecule has 0 saturated heterocycles. The third-order valence-corrected chi connectivity index (χ3v) is 2.09. The van der Waals surface area contributed by atoms with Gasteiger partial charge >= 0.3 is 0 Å². The highest BCUT2D eigenvalue weighted by Crippen LogP contribution is 2.28. The number of hydrogen-bond acceptors (Lipinski definition) is 4. The fraction of sp³-hybridized carbons (Fsp3) is 0.556. The number of methoxy groups -OCH3 is 3. The third-order valence-electron chi connectivity index (χ3n) is 2.09. The Balaban J connectivity index is 2.89. The molecule has 0 spiro atoms. The van der Waals surface area contributed by atoms with E-state index in [4.69, 9.17) is 19.9 Å². The second kappa shape index (κ2) is 3.81. The summed E-state index contributed by atoms with van der Waals surface area (Å²) in [6.07, 6.45) is 4.03. The molecule has 0 bridgehead atoms. The zero-order valence-corrected chi connectivity index (χ0v) is 8.16. The van der Waals surface area contributed by atoms with E-state index in [9.17, 15) is 0 Å². The Bertz CT molecular complexity index is 241. The van der Waals surface area contributed by atoms with E-state index in [1.165, 1.54) is 0 Å². The van der Waals surface area contributed by atoms with E-state index in [1.807, 2.05) is 0 Å². The first kappa shape index (κ1) is 10.1. The summed E-state index contributed by atoms with van der Waals surface area (Å²) in [4.78, 5) is 0. The predicted octanol–water partition coefficient (Wildman–Crippen LogP) is 0.752. The van der Waals surface area contributed by atoms with Crippen LogP contribution in [-0.2, 0) is 14.2 Å².